The second-order valence-corrected chi connectivity index (χ2v) is 8.88. The Kier molecular flexibility index (Phi) is 6.20. The summed E-state index contributed by atoms with van der Waals surface area (Å²) >= 11 is 7.17. The lowest BCUT2D eigenvalue weighted by molar-refractivity contribution is 0.102. The lowest BCUT2D eigenvalue weighted by Crippen LogP contribution is -2.34. The maximum Gasteiger partial charge on any atom is 0.322 e. The van der Waals surface area contributed by atoms with E-state index in [1.165, 1.54) is 11.3 Å². The monoisotopic (exact) mass is 455 g/mol. The Morgan fingerprint density at radius 2 is 1.94 bits per heavy atom. The summed E-state index contributed by atoms with van der Waals surface area (Å²) in [6.07, 6.45) is 1.65. The van der Waals surface area contributed by atoms with Gasteiger partial charge in [-0.25, -0.2) is 4.79 Å². The van der Waals surface area contributed by atoms with E-state index < -0.39 is 0 Å². The van der Waals surface area contributed by atoms with Crippen molar-refractivity contribution < 1.29 is 9.59 Å². The molecular formula is C22H22ClN5O2S. The van der Waals surface area contributed by atoms with Crippen molar-refractivity contribution in [3.63, 3.8) is 0 Å². The number of hydrogen-bond donors (Lipinski definition) is 2. The van der Waals surface area contributed by atoms with Crippen molar-refractivity contribution in [1.82, 2.24) is 15.1 Å². The summed E-state index contributed by atoms with van der Waals surface area (Å²) in [6.45, 7) is 4.63. The van der Waals surface area contributed by atoms with Crippen LogP contribution in [0.4, 0.5) is 16.2 Å². The molecule has 9 heteroatoms. The van der Waals surface area contributed by atoms with Gasteiger partial charge in [0.05, 0.1) is 6.04 Å². The third-order valence-electron chi connectivity index (χ3n) is 5.36. The summed E-state index contributed by atoms with van der Waals surface area (Å²) in [4.78, 5) is 27.3. The Morgan fingerprint density at radius 1 is 1.13 bits per heavy atom. The van der Waals surface area contributed by atoms with Gasteiger partial charge in [-0.2, -0.15) is 0 Å². The highest BCUT2D eigenvalue weighted by atomic mass is 35.5. The van der Waals surface area contributed by atoms with Gasteiger partial charge in [-0.15, -0.1) is 10.2 Å². The number of carbonyl (C=O) groups is 2. The summed E-state index contributed by atoms with van der Waals surface area (Å²) in [7, 11) is 0. The summed E-state index contributed by atoms with van der Waals surface area (Å²) in [5.74, 6) is -0.351. The third-order valence-corrected chi connectivity index (χ3v) is 6.62. The molecule has 7 nitrogen and oxygen atoms in total. The first-order chi connectivity index (χ1) is 14.9. The van der Waals surface area contributed by atoms with Gasteiger partial charge < -0.3 is 15.5 Å². The highest BCUT2D eigenvalue weighted by molar-refractivity contribution is 7.13. The van der Waals surface area contributed by atoms with Crippen molar-refractivity contribution in [3.8, 4) is 0 Å². The molecule has 1 saturated heterocycles. The molecule has 0 spiro atoms. The summed E-state index contributed by atoms with van der Waals surface area (Å²) in [5.41, 5.74) is 3.55. The highest BCUT2D eigenvalue weighted by Crippen LogP contribution is 2.34. The van der Waals surface area contributed by atoms with E-state index in [1.807, 2.05) is 32.0 Å². The molecule has 1 atom stereocenters. The van der Waals surface area contributed by atoms with Gasteiger partial charge in [-0.3, -0.25) is 4.79 Å². The Hall–Kier alpha value is -2.97. The second-order valence-electron chi connectivity index (χ2n) is 7.44. The number of halogens is 1. The quantitative estimate of drug-likeness (QED) is 0.549. The summed E-state index contributed by atoms with van der Waals surface area (Å²) in [6, 6.07) is 12.4. The molecule has 0 aliphatic carbocycles. The molecule has 1 aliphatic heterocycles. The van der Waals surface area contributed by atoms with Crippen LogP contribution < -0.4 is 10.6 Å². The highest BCUT2D eigenvalue weighted by Gasteiger charge is 2.33. The Morgan fingerprint density at radius 3 is 2.74 bits per heavy atom. The standard InChI is InChI=1S/C22H22ClN5O2S/c1-13-6-3-9-17(14(13)2)25-22(30)28-11-5-10-18(28)20-26-27-21(31-20)19(29)24-16-8-4-7-15(23)12-16/h3-4,6-9,12,18H,5,10-11H2,1-2H3,(H,24,29)(H,25,30)/t18-/m1/s1. The number of rotatable bonds is 4. The van der Waals surface area contributed by atoms with Crippen LogP contribution in [0.3, 0.4) is 0 Å². The molecule has 160 valence electrons. The minimum absolute atomic E-state index is 0.170. The maximum atomic E-state index is 13.0. The van der Waals surface area contributed by atoms with Crippen molar-refractivity contribution in [2.45, 2.75) is 32.7 Å². The van der Waals surface area contributed by atoms with E-state index in [1.54, 1.807) is 29.2 Å². The first-order valence-corrected chi connectivity index (χ1v) is 11.2. The van der Waals surface area contributed by atoms with Crippen LogP contribution in [0.5, 0.6) is 0 Å². The molecule has 1 aromatic heterocycles. The number of hydrogen-bond acceptors (Lipinski definition) is 5. The molecule has 1 fully saturated rings. The molecule has 2 aromatic carbocycles. The van der Waals surface area contributed by atoms with E-state index in [0.717, 1.165) is 29.7 Å². The average Bonchev–Trinajstić information content (AvgIpc) is 3.41. The molecule has 2 heterocycles. The van der Waals surface area contributed by atoms with Crippen molar-refractivity contribution in [1.29, 1.82) is 0 Å². The van der Waals surface area contributed by atoms with Crippen molar-refractivity contribution in [3.05, 3.63) is 68.6 Å². The predicted octanol–water partition coefficient (Wildman–Crippen LogP) is 5.43. The fraction of sp³-hybridized carbons (Fsp3) is 0.273. The molecule has 0 bridgehead atoms. The zero-order valence-corrected chi connectivity index (χ0v) is 18.8. The van der Waals surface area contributed by atoms with E-state index in [2.05, 4.69) is 20.8 Å². The largest absolute Gasteiger partial charge is 0.322 e. The second kappa shape index (κ2) is 9.03. The summed E-state index contributed by atoms with van der Waals surface area (Å²) < 4.78 is 0. The van der Waals surface area contributed by atoms with Gasteiger partial charge in [-0.1, -0.05) is 41.1 Å². The molecule has 0 unspecified atom stereocenters. The minimum Gasteiger partial charge on any atom is -0.320 e. The normalized spacial score (nSPS) is 15.7. The van der Waals surface area contributed by atoms with E-state index >= 15 is 0 Å². The zero-order valence-electron chi connectivity index (χ0n) is 17.2. The van der Waals surface area contributed by atoms with Gasteiger partial charge in [0.25, 0.3) is 5.91 Å². The van der Waals surface area contributed by atoms with E-state index in [-0.39, 0.29) is 23.0 Å². The number of likely N-dealkylation sites (tertiary alicyclic amines) is 1. The molecule has 3 amide bonds. The molecule has 0 radical (unpaired) electrons. The number of aryl methyl sites for hydroxylation is 1. The fourth-order valence-corrected chi connectivity index (χ4v) is 4.63. The maximum absolute atomic E-state index is 13.0. The number of nitrogens with zero attached hydrogens (tertiary/aromatic N) is 3. The van der Waals surface area contributed by atoms with Gasteiger partial charge in [-0.05, 0) is 62.1 Å². The number of anilines is 2. The van der Waals surface area contributed by atoms with Crippen LogP contribution in [0.1, 0.15) is 44.8 Å². The van der Waals surface area contributed by atoms with Crippen molar-refractivity contribution in [2.75, 3.05) is 17.2 Å². The van der Waals surface area contributed by atoms with Crippen LogP contribution >= 0.6 is 22.9 Å². The van der Waals surface area contributed by atoms with E-state index in [0.29, 0.717) is 22.3 Å². The number of nitrogens with one attached hydrogen (secondary N) is 2. The first-order valence-electron chi connectivity index (χ1n) is 9.96. The lowest BCUT2D eigenvalue weighted by Gasteiger charge is -2.23. The Labute approximate surface area is 189 Å². The molecule has 4 rings (SSSR count). The predicted molar refractivity (Wildman–Crippen MR) is 123 cm³/mol. The summed E-state index contributed by atoms with van der Waals surface area (Å²) in [5, 5.41) is 15.5. The number of carbonyl (C=O) groups excluding carboxylic acids is 2. The number of amides is 3. The van der Waals surface area contributed by atoms with Crippen molar-refractivity contribution in [2.24, 2.45) is 0 Å². The van der Waals surface area contributed by atoms with E-state index in [4.69, 9.17) is 11.6 Å². The van der Waals surface area contributed by atoms with Crippen LogP contribution in [-0.4, -0.2) is 33.6 Å². The third kappa shape index (κ3) is 4.70. The topological polar surface area (TPSA) is 87.2 Å². The molecular weight excluding hydrogens is 434 g/mol. The van der Waals surface area contributed by atoms with Crippen LogP contribution in [0.25, 0.3) is 0 Å². The lowest BCUT2D eigenvalue weighted by atomic mass is 10.1. The molecule has 3 aromatic rings. The smallest absolute Gasteiger partial charge is 0.320 e. The molecule has 0 saturated carbocycles. The number of aromatic nitrogens is 2. The molecule has 2 N–H and O–H groups in total. The van der Waals surface area contributed by atoms with Gasteiger partial charge in [0.1, 0.15) is 5.01 Å². The average molecular weight is 456 g/mol. The first kappa shape index (κ1) is 21.3. The minimum atomic E-state index is -0.351. The van der Waals surface area contributed by atoms with Crippen molar-refractivity contribution >= 4 is 46.3 Å². The van der Waals surface area contributed by atoms with Gasteiger partial charge >= 0.3 is 6.03 Å². The number of urea groups is 1. The number of benzene rings is 2. The van der Waals surface area contributed by atoms with Crippen LogP contribution in [0, 0.1) is 13.8 Å². The Bertz CT molecular complexity index is 1130. The molecule has 1 aliphatic rings. The zero-order chi connectivity index (χ0) is 22.0. The van der Waals surface area contributed by atoms with Crippen LogP contribution in [0.15, 0.2) is 42.5 Å². The SMILES string of the molecule is Cc1cccc(NC(=O)N2CCC[C@@H]2c2nnc(C(=O)Nc3cccc(Cl)c3)s2)c1C. The Balaban J connectivity index is 1.46. The van der Waals surface area contributed by atoms with Gasteiger partial charge in [0.15, 0.2) is 0 Å². The van der Waals surface area contributed by atoms with E-state index in [9.17, 15) is 9.59 Å². The van der Waals surface area contributed by atoms with Gasteiger partial charge in [0, 0.05) is 22.9 Å². The van der Waals surface area contributed by atoms with Gasteiger partial charge in [0.2, 0.25) is 5.01 Å². The fourth-order valence-electron chi connectivity index (χ4n) is 3.55. The van der Waals surface area contributed by atoms with Crippen LogP contribution in [-0.2, 0) is 0 Å². The molecule has 31 heavy (non-hydrogen) atoms. The van der Waals surface area contributed by atoms with Crippen LogP contribution in [0.2, 0.25) is 5.02 Å².